The number of hydrogen-bond acceptors (Lipinski definition) is 3. The molecule has 1 heterocycles. The van der Waals surface area contributed by atoms with Crippen molar-refractivity contribution in [1.29, 1.82) is 0 Å². The number of carbonyl (C=O) groups excluding carboxylic acids is 2. The Balaban J connectivity index is 2.39. The molecule has 2 aliphatic rings. The molecule has 3 nitrogen and oxygen atoms in total. The zero-order valence-corrected chi connectivity index (χ0v) is 11.2. The highest BCUT2D eigenvalue weighted by atomic mass is 16.6. The number of fused-ring (bicyclic) bond motifs is 1. The van der Waals surface area contributed by atoms with Crippen LogP contribution in [0.25, 0.3) is 0 Å². The van der Waals surface area contributed by atoms with Crippen molar-refractivity contribution in [3.8, 4) is 0 Å². The van der Waals surface area contributed by atoms with Crippen molar-refractivity contribution < 1.29 is 14.3 Å². The number of ether oxygens (including phenoxy) is 1. The Kier molecular flexibility index (Phi) is 2.83. The van der Waals surface area contributed by atoms with Gasteiger partial charge >= 0.3 is 11.9 Å². The van der Waals surface area contributed by atoms with Gasteiger partial charge in [-0.1, -0.05) is 20.3 Å². The van der Waals surface area contributed by atoms with Gasteiger partial charge in [0.05, 0.1) is 10.8 Å². The van der Waals surface area contributed by atoms with E-state index in [2.05, 4.69) is 13.8 Å². The van der Waals surface area contributed by atoms with E-state index >= 15 is 0 Å². The Morgan fingerprint density at radius 1 is 1.29 bits per heavy atom. The first kappa shape index (κ1) is 12.6. The van der Waals surface area contributed by atoms with Crippen LogP contribution in [0.15, 0.2) is 0 Å². The minimum Gasteiger partial charge on any atom is -0.392 e. The van der Waals surface area contributed by atoms with E-state index in [1.54, 1.807) is 0 Å². The molecule has 96 valence electrons. The fourth-order valence-electron chi connectivity index (χ4n) is 3.63. The first-order chi connectivity index (χ1) is 7.82. The van der Waals surface area contributed by atoms with Gasteiger partial charge in [0, 0.05) is 0 Å². The smallest absolute Gasteiger partial charge is 0.320 e. The van der Waals surface area contributed by atoms with Crippen LogP contribution in [0.4, 0.5) is 0 Å². The van der Waals surface area contributed by atoms with Crippen molar-refractivity contribution in [3.63, 3.8) is 0 Å². The first-order valence-corrected chi connectivity index (χ1v) is 6.59. The zero-order chi connectivity index (χ0) is 12.8. The van der Waals surface area contributed by atoms with E-state index in [-0.39, 0.29) is 17.9 Å². The summed E-state index contributed by atoms with van der Waals surface area (Å²) in [5.41, 5.74) is -1.20. The molecule has 0 aromatic heterocycles. The lowest BCUT2D eigenvalue weighted by molar-refractivity contribution is -0.156. The van der Waals surface area contributed by atoms with Crippen LogP contribution in [0, 0.1) is 22.7 Å². The maximum Gasteiger partial charge on any atom is 0.320 e. The van der Waals surface area contributed by atoms with Crippen LogP contribution < -0.4 is 0 Å². The molecule has 2 rings (SSSR count). The summed E-state index contributed by atoms with van der Waals surface area (Å²) in [5, 5.41) is 0. The number of rotatable bonds is 2. The van der Waals surface area contributed by atoms with Crippen molar-refractivity contribution in [3.05, 3.63) is 0 Å². The van der Waals surface area contributed by atoms with Crippen molar-refractivity contribution in [1.82, 2.24) is 0 Å². The fourth-order valence-corrected chi connectivity index (χ4v) is 3.63. The van der Waals surface area contributed by atoms with E-state index in [9.17, 15) is 9.59 Å². The van der Waals surface area contributed by atoms with Gasteiger partial charge in [0.25, 0.3) is 0 Å². The molecule has 1 saturated carbocycles. The Morgan fingerprint density at radius 3 is 2.53 bits per heavy atom. The normalized spacial score (nSPS) is 41.6. The number of cyclic esters (lactones) is 2. The molecule has 1 aliphatic heterocycles. The average molecular weight is 238 g/mol. The molecule has 3 unspecified atom stereocenters. The molecule has 0 aromatic carbocycles. The zero-order valence-electron chi connectivity index (χ0n) is 11.2. The molecule has 3 atom stereocenters. The molecule has 3 heteroatoms. The monoisotopic (exact) mass is 238 g/mol. The van der Waals surface area contributed by atoms with Crippen LogP contribution >= 0.6 is 0 Å². The van der Waals surface area contributed by atoms with Gasteiger partial charge < -0.3 is 4.74 Å². The van der Waals surface area contributed by atoms with Crippen LogP contribution in [-0.2, 0) is 14.3 Å². The van der Waals surface area contributed by atoms with Crippen molar-refractivity contribution in [2.75, 3.05) is 0 Å². The van der Waals surface area contributed by atoms with E-state index in [4.69, 9.17) is 4.74 Å². The van der Waals surface area contributed by atoms with Gasteiger partial charge in [0.15, 0.2) is 0 Å². The van der Waals surface area contributed by atoms with Gasteiger partial charge in [0.2, 0.25) is 0 Å². The topological polar surface area (TPSA) is 43.4 Å². The molecule has 0 bridgehead atoms. The van der Waals surface area contributed by atoms with Crippen molar-refractivity contribution in [2.45, 2.75) is 53.4 Å². The predicted molar refractivity (Wildman–Crippen MR) is 64.1 cm³/mol. The molecular formula is C14H22O3. The van der Waals surface area contributed by atoms with Gasteiger partial charge in [-0.15, -0.1) is 0 Å². The number of carbonyl (C=O) groups is 2. The van der Waals surface area contributed by atoms with Gasteiger partial charge in [0.1, 0.15) is 0 Å². The van der Waals surface area contributed by atoms with Crippen molar-refractivity contribution in [2.24, 2.45) is 22.7 Å². The lowest BCUT2D eigenvalue weighted by Crippen LogP contribution is -2.49. The summed E-state index contributed by atoms with van der Waals surface area (Å²) in [6, 6.07) is 0. The second-order valence-corrected chi connectivity index (χ2v) is 6.43. The van der Waals surface area contributed by atoms with Crippen molar-refractivity contribution >= 4 is 11.9 Å². The van der Waals surface area contributed by atoms with E-state index in [0.717, 1.165) is 25.7 Å². The standard InChI is InChI=1S/C14H22O3/c1-9(2)8-10-6-5-7-13(3)11(15)17-12(16)14(10,13)4/h9-10H,5-8H2,1-4H3. The summed E-state index contributed by atoms with van der Waals surface area (Å²) in [5.74, 6) is 0.219. The maximum atomic E-state index is 12.1. The first-order valence-electron chi connectivity index (χ1n) is 6.59. The lowest BCUT2D eigenvalue weighted by atomic mass is 9.53. The highest BCUT2D eigenvalue weighted by Crippen LogP contribution is 2.59. The predicted octanol–water partition coefficient (Wildman–Crippen LogP) is 2.93. The summed E-state index contributed by atoms with van der Waals surface area (Å²) in [7, 11) is 0. The average Bonchev–Trinajstić information content (AvgIpc) is 2.40. The summed E-state index contributed by atoms with van der Waals surface area (Å²) in [6.07, 6.45) is 3.83. The van der Waals surface area contributed by atoms with Crippen LogP contribution in [0.1, 0.15) is 53.4 Å². The SMILES string of the molecule is CC(C)CC1CCCC2(C)C(=O)OC(=O)C12C. The second-order valence-electron chi connectivity index (χ2n) is 6.43. The van der Waals surface area contributed by atoms with E-state index in [1.807, 2.05) is 13.8 Å². The molecule has 0 spiro atoms. The molecule has 17 heavy (non-hydrogen) atoms. The van der Waals surface area contributed by atoms with Crippen LogP contribution in [0.3, 0.4) is 0 Å². The van der Waals surface area contributed by atoms with E-state index in [0.29, 0.717) is 5.92 Å². The van der Waals surface area contributed by atoms with Gasteiger partial charge in [-0.3, -0.25) is 9.59 Å². The molecule has 0 aromatic rings. The summed E-state index contributed by atoms with van der Waals surface area (Å²) in [4.78, 5) is 24.0. The van der Waals surface area contributed by atoms with Gasteiger partial charge in [-0.05, 0) is 44.9 Å². The molecule has 0 N–H and O–H groups in total. The van der Waals surface area contributed by atoms with E-state index < -0.39 is 10.8 Å². The Bertz CT molecular complexity index is 360. The van der Waals surface area contributed by atoms with E-state index in [1.165, 1.54) is 0 Å². The highest BCUT2D eigenvalue weighted by Gasteiger charge is 2.67. The summed E-state index contributed by atoms with van der Waals surface area (Å²) >= 11 is 0. The molecule has 0 radical (unpaired) electrons. The third-order valence-corrected chi connectivity index (χ3v) is 5.01. The van der Waals surface area contributed by atoms with Crippen LogP contribution in [0.5, 0.6) is 0 Å². The Morgan fingerprint density at radius 2 is 1.94 bits per heavy atom. The maximum absolute atomic E-state index is 12.1. The third-order valence-electron chi connectivity index (χ3n) is 5.01. The molecule has 2 fully saturated rings. The van der Waals surface area contributed by atoms with Gasteiger partial charge in [-0.25, -0.2) is 0 Å². The summed E-state index contributed by atoms with van der Waals surface area (Å²) in [6.45, 7) is 8.17. The minimum atomic E-state index is -0.605. The fraction of sp³-hybridized carbons (Fsp3) is 0.857. The second kappa shape index (κ2) is 3.82. The van der Waals surface area contributed by atoms with Gasteiger partial charge in [-0.2, -0.15) is 0 Å². The molecule has 0 amide bonds. The Labute approximate surface area is 103 Å². The largest absolute Gasteiger partial charge is 0.392 e. The summed E-state index contributed by atoms with van der Waals surface area (Å²) < 4.78 is 4.95. The molecular weight excluding hydrogens is 216 g/mol. The van der Waals surface area contributed by atoms with Crippen LogP contribution in [-0.4, -0.2) is 11.9 Å². The quantitative estimate of drug-likeness (QED) is 0.548. The third kappa shape index (κ3) is 1.54. The Hall–Kier alpha value is -0.860. The van der Waals surface area contributed by atoms with Crippen LogP contribution in [0.2, 0.25) is 0 Å². The molecule has 1 saturated heterocycles. The lowest BCUT2D eigenvalue weighted by Gasteiger charge is -2.45. The molecule has 1 aliphatic carbocycles. The number of esters is 2. The number of hydrogen-bond donors (Lipinski definition) is 0. The highest BCUT2D eigenvalue weighted by molar-refractivity contribution is 6.01. The minimum absolute atomic E-state index is 0.278.